The van der Waals surface area contributed by atoms with E-state index >= 15 is 0 Å². The number of methoxy groups -OCH3 is 1. The van der Waals surface area contributed by atoms with Crippen molar-refractivity contribution in [1.29, 1.82) is 0 Å². The first kappa shape index (κ1) is 11.9. The van der Waals surface area contributed by atoms with Gasteiger partial charge in [0.05, 0.1) is 18.1 Å². The fourth-order valence-electron chi connectivity index (χ4n) is 1.34. The number of nitrogens with zero attached hydrogens (tertiary/aromatic N) is 1. The van der Waals surface area contributed by atoms with Crippen molar-refractivity contribution in [2.75, 3.05) is 7.11 Å². The highest BCUT2D eigenvalue weighted by Crippen LogP contribution is 2.33. The number of aryl methyl sites for hydroxylation is 1. The van der Waals surface area contributed by atoms with Crippen molar-refractivity contribution in [3.05, 3.63) is 27.5 Å². The molecule has 0 saturated carbocycles. The van der Waals surface area contributed by atoms with Gasteiger partial charge in [-0.05, 0) is 34.5 Å². The van der Waals surface area contributed by atoms with Gasteiger partial charge in [-0.15, -0.1) is 0 Å². The molecule has 0 heterocycles. The van der Waals surface area contributed by atoms with Gasteiger partial charge >= 0.3 is 0 Å². The van der Waals surface area contributed by atoms with Gasteiger partial charge in [0.25, 0.3) is 0 Å². The summed E-state index contributed by atoms with van der Waals surface area (Å²) in [6.45, 7) is 1.77. The summed E-state index contributed by atoms with van der Waals surface area (Å²) in [5.41, 5.74) is 1.17. The van der Waals surface area contributed by atoms with Gasteiger partial charge in [-0.2, -0.15) is 0 Å². The molecule has 1 aromatic carbocycles. The van der Waals surface area contributed by atoms with Crippen LogP contribution in [0.25, 0.3) is 0 Å². The summed E-state index contributed by atoms with van der Waals surface area (Å²) in [6.07, 6.45) is 1.41. The summed E-state index contributed by atoms with van der Waals surface area (Å²) in [4.78, 5) is 13.4. The summed E-state index contributed by atoms with van der Waals surface area (Å²) in [6, 6.07) is 1.36. The number of carbonyl (C=O) groups excluding carboxylic acids is 1. The zero-order chi connectivity index (χ0) is 11.4. The first-order valence-corrected chi connectivity index (χ1v) is 4.96. The maximum absolute atomic E-state index is 13.3. The van der Waals surface area contributed by atoms with Crippen molar-refractivity contribution >= 4 is 22.0 Å². The van der Waals surface area contributed by atoms with Gasteiger partial charge in [0.15, 0.2) is 0 Å². The number of isocyanates is 1. The molecule has 0 fully saturated rings. The largest absolute Gasteiger partial charge is 0.496 e. The Bertz CT molecular complexity index is 428. The smallest absolute Gasteiger partial charge is 0.235 e. The first-order valence-electron chi connectivity index (χ1n) is 4.17. The molecule has 0 N–H and O–H groups in total. The average molecular weight is 274 g/mol. The fraction of sp³-hybridized carbons (Fsp3) is 0.300. The second-order valence-corrected chi connectivity index (χ2v) is 3.70. The normalized spacial score (nSPS) is 9.60. The van der Waals surface area contributed by atoms with Crippen LogP contribution in [0.5, 0.6) is 5.75 Å². The number of benzene rings is 1. The Morgan fingerprint density at radius 3 is 2.87 bits per heavy atom. The second-order valence-electron chi connectivity index (χ2n) is 2.91. The van der Waals surface area contributed by atoms with E-state index in [4.69, 9.17) is 4.74 Å². The Kier molecular flexibility index (Phi) is 4.00. The number of hydrogen-bond acceptors (Lipinski definition) is 3. The van der Waals surface area contributed by atoms with Crippen molar-refractivity contribution in [2.45, 2.75) is 13.5 Å². The van der Waals surface area contributed by atoms with Crippen molar-refractivity contribution in [1.82, 2.24) is 0 Å². The predicted molar refractivity (Wildman–Crippen MR) is 57.2 cm³/mol. The number of ether oxygens (including phenoxy) is 1. The van der Waals surface area contributed by atoms with Crippen LogP contribution in [-0.4, -0.2) is 13.2 Å². The van der Waals surface area contributed by atoms with Crippen LogP contribution in [-0.2, 0) is 11.3 Å². The Hall–Kier alpha value is -1.19. The molecular formula is C10H9BrFNO2. The van der Waals surface area contributed by atoms with Crippen molar-refractivity contribution < 1.29 is 13.9 Å². The number of aliphatic imine (C=N–C) groups is 1. The lowest BCUT2D eigenvalue weighted by Gasteiger charge is -2.11. The molecule has 0 saturated heterocycles. The van der Waals surface area contributed by atoms with Gasteiger partial charge in [0, 0.05) is 5.56 Å². The monoisotopic (exact) mass is 273 g/mol. The van der Waals surface area contributed by atoms with Crippen LogP contribution in [0, 0.1) is 12.7 Å². The van der Waals surface area contributed by atoms with Crippen molar-refractivity contribution in [3.8, 4) is 5.75 Å². The van der Waals surface area contributed by atoms with E-state index in [-0.39, 0.29) is 11.0 Å². The SMILES string of the molecule is COc1c(C)cc(F)c(Br)c1CN=C=O. The summed E-state index contributed by atoms with van der Waals surface area (Å²) in [5, 5.41) is 0. The van der Waals surface area contributed by atoms with E-state index in [9.17, 15) is 9.18 Å². The Morgan fingerprint density at radius 2 is 2.33 bits per heavy atom. The van der Waals surface area contributed by atoms with E-state index < -0.39 is 5.82 Å². The molecule has 0 unspecified atom stereocenters. The number of halogens is 2. The van der Waals surface area contributed by atoms with E-state index in [1.807, 2.05) is 0 Å². The van der Waals surface area contributed by atoms with Crippen LogP contribution in [0.4, 0.5) is 4.39 Å². The molecule has 0 aliphatic rings. The minimum atomic E-state index is -0.399. The topological polar surface area (TPSA) is 38.7 Å². The molecule has 0 aliphatic carbocycles. The standard InChI is InChI=1S/C10H9BrFNO2/c1-6-3-8(12)9(11)7(4-13-5-14)10(6)15-2/h3H,4H2,1-2H3. The zero-order valence-corrected chi connectivity index (χ0v) is 9.89. The van der Waals surface area contributed by atoms with Crippen LogP contribution < -0.4 is 4.74 Å². The van der Waals surface area contributed by atoms with Gasteiger partial charge < -0.3 is 4.74 Å². The van der Waals surface area contributed by atoms with Crippen LogP contribution in [0.2, 0.25) is 0 Å². The van der Waals surface area contributed by atoms with Crippen molar-refractivity contribution in [2.24, 2.45) is 4.99 Å². The molecule has 3 nitrogen and oxygen atoms in total. The minimum absolute atomic E-state index is 0.0475. The molecule has 0 amide bonds. The van der Waals surface area contributed by atoms with Crippen LogP contribution in [0.3, 0.4) is 0 Å². The molecule has 1 aromatic rings. The molecule has 0 spiro atoms. The molecule has 5 heteroatoms. The summed E-state index contributed by atoms with van der Waals surface area (Å²) in [7, 11) is 1.49. The molecule has 0 bridgehead atoms. The van der Waals surface area contributed by atoms with Crippen LogP contribution in [0.15, 0.2) is 15.5 Å². The third-order valence-electron chi connectivity index (χ3n) is 1.96. The molecule has 0 radical (unpaired) electrons. The van der Waals surface area contributed by atoms with Crippen LogP contribution >= 0.6 is 15.9 Å². The highest BCUT2D eigenvalue weighted by Gasteiger charge is 2.14. The Morgan fingerprint density at radius 1 is 1.67 bits per heavy atom. The van der Waals surface area contributed by atoms with Crippen LogP contribution in [0.1, 0.15) is 11.1 Å². The van der Waals surface area contributed by atoms with Gasteiger partial charge in [-0.25, -0.2) is 14.2 Å². The van der Waals surface area contributed by atoms with E-state index in [2.05, 4.69) is 20.9 Å². The fourth-order valence-corrected chi connectivity index (χ4v) is 1.76. The lowest BCUT2D eigenvalue weighted by Crippen LogP contribution is -1.98. The van der Waals surface area contributed by atoms with E-state index in [1.54, 1.807) is 6.92 Å². The zero-order valence-electron chi connectivity index (χ0n) is 8.30. The second kappa shape index (κ2) is 5.05. The quantitative estimate of drug-likeness (QED) is 0.628. The maximum Gasteiger partial charge on any atom is 0.235 e. The van der Waals surface area contributed by atoms with Gasteiger partial charge in [-0.1, -0.05) is 0 Å². The lowest BCUT2D eigenvalue weighted by atomic mass is 10.1. The van der Waals surface area contributed by atoms with Gasteiger partial charge in [0.1, 0.15) is 11.6 Å². The molecule has 1 rings (SSSR count). The molecule has 0 aromatic heterocycles. The first-order chi connectivity index (χ1) is 7.11. The highest BCUT2D eigenvalue weighted by molar-refractivity contribution is 9.10. The molecule has 0 aliphatic heterocycles. The van der Waals surface area contributed by atoms with E-state index in [1.165, 1.54) is 19.3 Å². The Labute approximate surface area is 95.1 Å². The maximum atomic E-state index is 13.3. The highest BCUT2D eigenvalue weighted by atomic mass is 79.9. The number of rotatable bonds is 3. The van der Waals surface area contributed by atoms with Gasteiger partial charge in [-0.3, -0.25) is 0 Å². The third-order valence-corrected chi connectivity index (χ3v) is 2.81. The van der Waals surface area contributed by atoms with E-state index in [0.29, 0.717) is 16.9 Å². The lowest BCUT2D eigenvalue weighted by molar-refractivity contribution is 0.404. The minimum Gasteiger partial charge on any atom is -0.496 e. The molecule has 0 atom stereocenters. The van der Waals surface area contributed by atoms with E-state index in [0.717, 1.165) is 0 Å². The summed E-state index contributed by atoms with van der Waals surface area (Å²) < 4.78 is 18.7. The third kappa shape index (κ3) is 2.43. The number of hydrogen-bond donors (Lipinski definition) is 0. The van der Waals surface area contributed by atoms with Crippen molar-refractivity contribution in [3.63, 3.8) is 0 Å². The Balaban J connectivity index is 3.35. The predicted octanol–water partition coefficient (Wildman–Crippen LogP) is 2.74. The molecular weight excluding hydrogens is 265 g/mol. The molecule has 15 heavy (non-hydrogen) atoms. The molecule has 80 valence electrons. The average Bonchev–Trinajstić information content (AvgIpc) is 2.21. The van der Waals surface area contributed by atoms with Gasteiger partial charge in [0.2, 0.25) is 6.08 Å². The summed E-state index contributed by atoms with van der Waals surface area (Å²) >= 11 is 3.09. The summed E-state index contributed by atoms with van der Waals surface area (Å²) in [5.74, 6) is 0.131.